The summed E-state index contributed by atoms with van der Waals surface area (Å²) in [4.78, 5) is 0. The third-order valence-electron chi connectivity index (χ3n) is 2.11. The van der Waals surface area contributed by atoms with Gasteiger partial charge < -0.3 is 9.53 Å². The number of hydrogen-bond donors (Lipinski definition) is 1. The Morgan fingerprint density at radius 3 is 2.73 bits per heavy atom. The molecule has 1 N–H and O–H groups in total. The van der Waals surface area contributed by atoms with Crippen LogP contribution in [0.3, 0.4) is 0 Å². The van der Waals surface area contributed by atoms with Crippen molar-refractivity contribution < 1.29 is 9.53 Å². The first-order valence-electron chi connectivity index (χ1n) is 4.04. The van der Waals surface area contributed by atoms with Gasteiger partial charge in [0, 0.05) is 6.10 Å². The topological polar surface area (TPSA) is 29.5 Å². The van der Waals surface area contributed by atoms with Gasteiger partial charge in [0.15, 0.2) is 0 Å². The lowest BCUT2D eigenvalue weighted by Gasteiger charge is -2.16. The maximum atomic E-state index is 8.74. The van der Waals surface area contributed by atoms with Gasteiger partial charge in [-0.1, -0.05) is 11.3 Å². The monoisotopic (exact) mass is 172 g/mol. The Kier molecular flexibility index (Phi) is 2.52. The molecule has 1 heterocycles. The van der Waals surface area contributed by atoms with Gasteiger partial charge in [-0.2, -0.15) is 0 Å². The van der Waals surface area contributed by atoms with Gasteiger partial charge in [-0.25, -0.2) is 0 Å². The van der Waals surface area contributed by atoms with Crippen molar-refractivity contribution in [1.29, 1.82) is 0 Å². The molecule has 1 aliphatic rings. The molecule has 0 saturated carbocycles. The Balaban J connectivity index is 2.74. The van der Waals surface area contributed by atoms with Gasteiger partial charge in [0.2, 0.25) is 8.32 Å². The van der Waals surface area contributed by atoms with Crippen molar-refractivity contribution in [3.05, 3.63) is 11.3 Å². The molecule has 1 atom stereocenters. The Morgan fingerprint density at radius 2 is 2.36 bits per heavy atom. The number of hydrogen-bond acceptors (Lipinski definition) is 2. The Hall–Kier alpha value is -0.123. The Bertz CT molecular complexity index is 175. The Morgan fingerprint density at radius 1 is 1.73 bits per heavy atom. The lowest BCUT2D eigenvalue weighted by atomic mass is 10.3. The van der Waals surface area contributed by atoms with Crippen LogP contribution < -0.4 is 0 Å². The molecule has 0 bridgehead atoms. The minimum Gasteiger partial charge on any atom is -0.410 e. The minimum absolute atomic E-state index is 0.155. The molecule has 0 aromatic rings. The molecule has 1 fully saturated rings. The standard InChI is InChI=1S/C8H16O2Si/c1-7-6-8(4-5-9)11(2,3)10-7/h4,7,9H,5-6H2,1-3H3/b8-4+. The fourth-order valence-electron chi connectivity index (χ4n) is 1.62. The summed E-state index contributed by atoms with van der Waals surface area (Å²) in [6, 6.07) is 0. The molecule has 64 valence electrons. The molecule has 2 nitrogen and oxygen atoms in total. The molecule has 0 aromatic carbocycles. The molecule has 0 amide bonds. The molecule has 0 radical (unpaired) electrons. The summed E-state index contributed by atoms with van der Waals surface area (Å²) in [6.45, 7) is 6.60. The number of aliphatic hydroxyl groups excluding tert-OH is 1. The van der Waals surface area contributed by atoms with Crippen molar-refractivity contribution >= 4 is 8.32 Å². The predicted molar refractivity (Wildman–Crippen MR) is 47.8 cm³/mol. The fourth-order valence-corrected chi connectivity index (χ4v) is 4.22. The van der Waals surface area contributed by atoms with E-state index in [0.717, 1.165) is 6.42 Å². The lowest BCUT2D eigenvalue weighted by molar-refractivity contribution is 0.246. The van der Waals surface area contributed by atoms with Gasteiger partial charge in [-0.3, -0.25) is 0 Å². The van der Waals surface area contributed by atoms with E-state index in [4.69, 9.17) is 9.53 Å². The fraction of sp³-hybridized carbons (Fsp3) is 0.750. The summed E-state index contributed by atoms with van der Waals surface area (Å²) >= 11 is 0. The lowest BCUT2D eigenvalue weighted by Crippen LogP contribution is -2.28. The SMILES string of the molecule is CC1C/C(=C\CO)[Si](C)(C)O1. The molecule has 3 heteroatoms. The highest BCUT2D eigenvalue weighted by atomic mass is 28.4. The Labute approximate surface area is 69.0 Å². The van der Waals surface area contributed by atoms with E-state index in [2.05, 4.69) is 20.0 Å². The highest BCUT2D eigenvalue weighted by Gasteiger charge is 2.36. The quantitative estimate of drug-likeness (QED) is 0.607. The van der Waals surface area contributed by atoms with Crippen molar-refractivity contribution in [2.75, 3.05) is 6.61 Å². The zero-order valence-electron chi connectivity index (χ0n) is 7.42. The highest BCUT2D eigenvalue weighted by molar-refractivity contribution is 6.79. The molecule has 1 saturated heterocycles. The maximum absolute atomic E-state index is 8.74. The van der Waals surface area contributed by atoms with Crippen molar-refractivity contribution in [3.63, 3.8) is 0 Å². The molecule has 1 rings (SSSR count). The molecule has 1 aliphatic heterocycles. The smallest absolute Gasteiger partial charge is 0.214 e. The zero-order valence-corrected chi connectivity index (χ0v) is 8.42. The first-order chi connectivity index (χ1) is 5.06. The van der Waals surface area contributed by atoms with Crippen LogP contribution in [0.2, 0.25) is 13.1 Å². The van der Waals surface area contributed by atoms with Gasteiger partial charge in [0.1, 0.15) is 0 Å². The zero-order chi connectivity index (χ0) is 8.48. The van der Waals surface area contributed by atoms with Crippen molar-refractivity contribution in [1.82, 2.24) is 0 Å². The summed E-state index contributed by atoms with van der Waals surface area (Å²) in [5.41, 5.74) is 0. The maximum Gasteiger partial charge on any atom is 0.214 e. The summed E-state index contributed by atoms with van der Waals surface area (Å²) < 4.78 is 5.77. The van der Waals surface area contributed by atoms with Crippen LogP contribution in [0.4, 0.5) is 0 Å². The molecule has 0 spiro atoms. The summed E-state index contributed by atoms with van der Waals surface area (Å²) in [5.74, 6) is 0. The van der Waals surface area contributed by atoms with E-state index in [1.807, 2.05) is 6.08 Å². The highest BCUT2D eigenvalue weighted by Crippen LogP contribution is 2.31. The number of aliphatic hydroxyl groups is 1. The van der Waals surface area contributed by atoms with Crippen LogP contribution in [0.1, 0.15) is 13.3 Å². The third kappa shape index (κ3) is 1.92. The van der Waals surface area contributed by atoms with Crippen LogP contribution in [0.15, 0.2) is 11.3 Å². The normalized spacial score (nSPS) is 33.1. The van der Waals surface area contributed by atoms with Crippen LogP contribution >= 0.6 is 0 Å². The van der Waals surface area contributed by atoms with Crippen molar-refractivity contribution in [3.8, 4) is 0 Å². The van der Waals surface area contributed by atoms with Gasteiger partial charge in [-0.05, 0) is 26.4 Å². The van der Waals surface area contributed by atoms with Crippen LogP contribution in [-0.2, 0) is 4.43 Å². The van der Waals surface area contributed by atoms with Crippen molar-refractivity contribution in [2.24, 2.45) is 0 Å². The summed E-state index contributed by atoms with van der Waals surface area (Å²) in [7, 11) is -1.55. The van der Waals surface area contributed by atoms with E-state index in [-0.39, 0.29) is 6.61 Å². The average molecular weight is 172 g/mol. The second-order valence-corrected chi connectivity index (χ2v) is 7.45. The first-order valence-corrected chi connectivity index (χ1v) is 6.95. The molecular weight excluding hydrogens is 156 g/mol. The second kappa shape index (κ2) is 3.09. The van der Waals surface area contributed by atoms with E-state index in [9.17, 15) is 0 Å². The summed E-state index contributed by atoms with van der Waals surface area (Å²) in [6.07, 6.45) is 3.28. The first kappa shape index (κ1) is 8.97. The number of rotatable bonds is 1. The van der Waals surface area contributed by atoms with E-state index >= 15 is 0 Å². The van der Waals surface area contributed by atoms with Gasteiger partial charge in [0.05, 0.1) is 6.61 Å². The summed E-state index contributed by atoms with van der Waals surface area (Å²) in [5, 5.41) is 10.1. The average Bonchev–Trinajstić information content (AvgIpc) is 2.07. The molecule has 11 heavy (non-hydrogen) atoms. The van der Waals surface area contributed by atoms with Crippen molar-refractivity contribution in [2.45, 2.75) is 32.5 Å². The van der Waals surface area contributed by atoms with Crippen LogP contribution in [0.25, 0.3) is 0 Å². The minimum atomic E-state index is -1.55. The largest absolute Gasteiger partial charge is 0.410 e. The van der Waals surface area contributed by atoms with E-state index < -0.39 is 8.32 Å². The van der Waals surface area contributed by atoms with E-state index in [1.165, 1.54) is 5.20 Å². The van der Waals surface area contributed by atoms with Crippen LogP contribution in [0, 0.1) is 0 Å². The van der Waals surface area contributed by atoms with Crippen LogP contribution in [-0.4, -0.2) is 26.1 Å². The molecule has 0 aliphatic carbocycles. The van der Waals surface area contributed by atoms with Gasteiger partial charge in [0.25, 0.3) is 0 Å². The third-order valence-corrected chi connectivity index (χ3v) is 5.06. The van der Waals surface area contributed by atoms with Gasteiger partial charge in [-0.15, -0.1) is 0 Å². The van der Waals surface area contributed by atoms with Gasteiger partial charge >= 0.3 is 0 Å². The molecule has 0 aromatic heterocycles. The molecule has 1 unspecified atom stereocenters. The van der Waals surface area contributed by atoms with Crippen LogP contribution in [0.5, 0.6) is 0 Å². The predicted octanol–water partition coefficient (Wildman–Crippen LogP) is 1.46. The van der Waals surface area contributed by atoms with E-state index in [1.54, 1.807) is 0 Å². The molecular formula is C8H16O2Si. The van der Waals surface area contributed by atoms with E-state index in [0.29, 0.717) is 6.10 Å². The second-order valence-electron chi connectivity index (χ2n) is 3.55.